The van der Waals surface area contributed by atoms with Crippen LogP contribution >= 0.6 is 0 Å². The number of rotatable bonds is 17. The number of hydrogen-bond acceptors (Lipinski definition) is 7. The van der Waals surface area contributed by atoms with Gasteiger partial charge in [-0.25, -0.2) is 4.18 Å². The van der Waals surface area contributed by atoms with E-state index in [0.717, 1.165) is 45.4 Å². The summed E-state index contributed by atoms with van der Waals surface area (Å²) in [4.78, 5) is 0. The maximum absolute atomic E-state index is 11.8. The summed E-state index contributed by atoms with van der Waals surface area (Å²) in [7, 11) is -4.45. The van der Waals surface area contributed by atoms with E-state index < -0.39 is 16.5 Å². The van der Waals surface area contributed by atoms with Gasteiger partial charge < -0.3 is 21.5 Å². The van der Waals surface area contributed by atoms with E-state index in [2.05, 4.69) is 31.4 Å². The maximum Gasteiger partial charge on any atom is 0.397 e. The fourth-order valence-electron chi connectivity index (χ4n) is 10.9. The average molecular weight is 642 g/mol. The Balaban J connectivity index is 1.29. The molecule has 0 spiro atoms. The van der Waals surface area contributed by atoms with Crippen LogP contribution in [0.25, 0.3) is 0 Å². The van der Waals surface area contributed by atoms with E-state index >= 15 is 0 Å². The molecule has 6 N–H and O–H groups in total. The third-order valence-corrected chi connectivity index (χ3v) is 13.9. The third-order valence-electron chi connectivity index (χ3n) is 13.4. The van der Waals surface area contributed by atoms with Crippen LogP contribution in [0.4, 0.5) is 0 Å². The molecular weight excluding hydrogens is 574 g/mol. The van der Waals surface area contributed by atoms with Gasteiger partial charge >= 0.3 is 10.4 Å². The summed E-state index contributed by atoms with van der Waals surface area (Å²) in [6, 6.07) is 0.583. The van der Waals surface area contributed by atoms with Gasteiger partial charge in [0, 0.05) is 6.04 Å². The molecule has 0 aromatic heterocycles. The van der Waals surface area contributed by atoms with E-state index in [0.29, 0.717) is 53.4 Å². The number of nitrogens with two attached hydrogens (primary N) is 1. The van der Waals surface area contributed by atoms with Crippen LogP contribution in [0.1, 0.15) is 125 Å². The smallest absolute Gasteiger partial charge is 0.393 e. The van der Waals surface area contributed by atoms with Crippen molar-refractivity contribution in [2.75, 3.05) is 26.2 Å². The minimum Gasteiger partial charge on any atom is -0.393 e. The van der Waals surface area contributed by atoms with Gasteiger partial charge in [0.1, 0.15) is 0 Å². The molecule has 0 heterocycles. The van der Waals surface area contributed by atoms with Gasteiger partial charge in [0.2, 0.25) is 0 Å². The summed E-state index contributed by atoms with van der Waals surface area (Å²) in [5, 5.41) is 19.2. The van der Waals surface area contributed by atoms with Gasteiger partial charge in [-0.15, -0.1) is 0 Å². The highest BCUT2D eigenvalue weighted by atomic mass is 32.3. The van der Waals surface area contributed by atoms with Gasteiger partial charge in [0.05, 0.1) is 12.2 Å². The first kappa shape index (κ1) is 36.5. The molecule has 9 heteroatoms. The van der Waals surface area contributed by atoms with E-state index in [4.69, 9.17) is 9.92 Å². The average Bonchev–Trinajstić information content (AvgIpc) is 3.31. The maximum atomic E-state index is 11.8. The summed E-state index contributed by atoms with van der Waals surface area (Å²) >= 11 is 0. The van der Waals surface area contributed by atoms with Crippen LogP contribution in [0, 0.1) is 52.3 Å². The molecule has 0 radical (unpaired) electrons. The fourth-order valence-corrected chi connectivity index (χ4v) is 11.5. The number of aliphatic hydroxyl groups excluding tert-OH is 1. The van der Waals surface area contributed by atoms with Crippen LogP contribution in [0.15, 0.2) is 0 Å². The number of aliphatic hydroxyl groups is 1. The van der Waals surface area contributed by atoms with Gasteiger partial charge in [-0.3, -0.25) is 4.55 Å². The van der Waals surface area contributed by atoms with Crippen molar-refractivity contribution in [2.45, 2.75) is 143 Å². The van der Waals surface area contributed by atoms with Crippen molar-refractivity contribution in [3.05, 3.63) is 0 Å². The minimum absolute atomic E-state index is 0.0155. The SMILES string of the molecule is CC(C)[C@@H](CC[C@@H](C)[C@H]1CCC2C3C(CC[C@@]21C)[C@@]1(C)CC[C@H](NCCCCNCCCCN)CC1C[C@@H]3O)OS(=O)(=O)O. The van der Waals surface area contributed by atoms with Crippen molar-refractivity contribution in [3.63, 3.8) is 0 Å². The second-order valence-corrected chi connectivity index (χ2v) is 17.3. The summed E-state index contributed by atoms with van der Waals surface area (Å²) in [5.41, 5.74) is 6.13. The Kier molecular flexibility index (Phi) is 13.1. The van der Waals surface area contributed by atoms with Crippen LogP contribution in [0.2, 0.25) is 0 Å². The molecule has 8 nitrogen and oxygen atoms in total. The number of nitrogens with one attached hydrogen (secondary N) is 2. The largest absolute Gasteiger partial charge is 0.397 e. The van der Waals surface area contributed by atoms with Crippen molar-refractivity contribution in [2.24, 2.45) is 58.0 Å². The highest BCUT2D eigenvalue weighted by molar-refractivity contribution is 7.80. The molecule has 0 aliphatic heterocycles. The first-order valence-electron chi connectivity index (χ1n) is 18.3. The Morgan fingerprint density at radius 3 is 2.23 bits per heavy atom. The zero-order valence-electron chi connectivity index (χ0n) is 28.6. The Hall–Kier alpha value is -0.290. The Labute approximate surface area is 269 Å². The Bertz CT molecular complexity index is 997. The lowest BCUT2D eigenvalue weighted by molar-refractivity contribution is -0.167. The lowest BCUT2D eigenvalue weighted by Crippen LogP contribution is -2.59. The van der Waals surface area contributed by atoms with Crippen molar-refractivity contribution < 1.29 is 22.3 Å². The van der Waals surface area contributed by atoms with E-state index in [1.165, 1.54) is 64.2 Å². The van der Waals surface area contributed by atoms with Crippen molar-refractivity contribution in [3.8, 4) is 0 Å². The van der Waals surface area contributed by atoms with Crippen LogP contribution < -0.4 is 16.4 Å². The van der Waals surface area contributed by atoms with Gasteiger partial charge in [-0.2, -0.15) is 8.42 Å². The normalized spacial score (nSPS) is 38.6. The molecule has 4 aliphatic carbocycles. The first-order chi connectivity index (χ1) is 20.8. The fraction of sp³-hybridized carbons (Fsp3) is 1.00. The lowest BCUT2D eigenvalue weighted by Gasteiger charge is -2.62. The Morgan fingerprint density at radius 2 is 1.55 bits per heavy atom. The van der Waals surface area contributed by atoms with E-state index in [-0.39, 0.29) is 17.4 Å². The monoisotopic (exact) mass is 641 g/mol. The molecule has 0 aromatic carbocycles. The molecule has 11 atom stereocenters. The summed E-state index contributed by atoms with van der Waals surface area (Å²) < 4.78 is 37.1. The standard InChI is InChI=1S/C35H67N3O5S/c1-24(2)32(43-44(40,41)42)13-10-25(3)28-11-12-29-33-30(15-17-35(28,29)5)34(4)16-14-27(22-26(34)23-31(33)39)38-21-9-8-20-37-19-7-6-18-36/h24-33,37-39H,6-23,36H2,1-5H3,(H,40,41,42)/t25-,26?,27+,28-,29?,30?,31+,32-,33?,34+,35-/m1/s1. The molecule has 4 saturated carbocycles. The molecule has 4 fully saturated rings. The zero-order valence-corrected chi connectivity index (χ0v) is 29.4. The molecule has 0 saturated heterocycles. The predicted molar refractivity (Wildman–Crippen MR) is 178 cm³/mol. The van der Waals surface area contributed by atoms with Crippen LogP contribution in [0.3, 0.4) is 0 Å². The van der Waals surface area contributed by atoms with E-state index in [1.807, 2.05) is 13.8 Å². The van der Waals surface area contributed by atoms with Crippen LogP contribution in [-0.4, -0.2) is 62.5 Å². The van der Waals surface area contributed by atoms with Crippen LogP contribution in [-0.2, 0) is 14.6 Å². The molecular formula is C35H67N3O5S. The molecule has 44 heavy (non-hydrogen) atoms. The van der Waals surface area contributed by atoms with Crippen molar-refractivity contribution >= 4 is 10.4 Å². The molecule has 0 aromatic rings. The molecule has 4 unspecified atom stereocenters. The van der Waals surface area contributed by atoms with Crippen molar-refractivity contribution in [1.82, 2.24) is 10.6 Å². The second-order valence-electron chi connectivity index (χ2n) is 16.3. The second kappa shape index (κ2) is 15.7. The molecule has 4 aliphatic rings. The third kappa shape index (κ3) is 8.59. The predicted octanol–water partition coefficient (Wildman–Crippen LogP) is 5.94. The number of fused-ring (bicyclic) bond motifs is 5. The zero-order chi connectivity index (χ0) is 32.1. The summed E-state index contributed by atoms with van der Waals surface area (Å²) in [6.45, 7) is 15.4. The van der Waals surface area contributed by atoms with Crippen LogP contribution in [0.5, 0.6) is 0 Å². The van der Waals surface area contributed by atoms with Gasteiger partial charge in [0.25, 0.3) is 0 Å². The van der Waals surface area contributed by atoms with Gasteiger partial charge in [-0.1, -0.05) is 34.6 Å². The summed E-state index contributed by atoms with van der Waals surface area (Å²) in [5.74, 6) is 3.23. The lowest BCUT2D eigenvalue weighted by atomic mass is 9.43. The Morgan fingerprint density at radius 1 is 0.886 bits per heavy atom. The number of unbranched alkanes of at least 4 members (excludes halogenated alkanes) is 2. The molecule has 258 valence electrons. The highest BCUT2D eigenvalue weighted by Gasteiger charge is 2.62. The van der Waals surface area contributed by atoms with Gasteiger partial charge in [-0.05, 0) is 168 Å². The van der Waals surface area contributed by atoms with E-state index in [9.17, 15) is 18.1 Å². The first-order valence-corrected chi connectivity index (χ1v) is 19.6. The summed E-state index contributed by atoms with van der Waals surface area (Å²) in [6.07, 6.45) is 15.1. The quantitative estimate of drug-likeness (QED) is 0.0973. The van der Waals surface area contributed by atoms with Gasteiger partial charge in [0.15, 0.2) is 0 Å². The molecule has 4 rings (SSSR count). The molecule has 0 amide bonds. The van der Waals surface area contributed by atoms with E-state index in [1.54, 1.807) is 0 Å². The highest BCUT2D eigenvalue weighted by Crippen LogP contribution is 2.68. The van der Waals surface area contributed by atoms with Crippen molar-refractivity contribution in [1.29, 1.82) is 0 Å². The number of hydrogen-bond donors (Lipinski definition) is 5. The minimum atomic E-state index is -4.45. The topological polar surface area (TPSA) is 134 Å². The molecule has 0 bridgehead atoms.